The van der Waals surface area contributed by atoms with Crippen molar-refractivity contribution >= 4 is 23.0 Å². The molecule has 378 valence electrons. The van der Waals surface area contributed by atoms with Crippen molar-refractivity contribution in [3.8, 4) is 11.5 Å². The van der Waals surface area contributed by atoms with Gasteiger partial charge < -0.3 is 92.9 Å². The number of rotatable bonds is 11. The van der Waals surface area contributed by atoms with Crippen molar-refractivity contribution in [3.63, 3.8) is 0 Å². The molecule has 5 aliphatic heterocycles. The first-order chi connectivity index (χ1) is 32.1. The van der Waals surface area contributed by atoms with Crippen LogP contribution in [-0.2, 0) is 42.7 Å². The number of aromatic nitrogens is 7. The molecular weight excluding hydrogens is 922 g/mol. The van der Waals surface area contributed by atoms with Gasteiger partial charge in [0.25, 0.3) is 0 Å². The highest BCUT2D eigenvalue weighted by Crippen LogP contribution is 2.44. The summed E-state index contributed by atoms with van der Waals surface area (Å²) >= 11 is 4.64. The van der Waals surface area contributed by atoms with E-state index >= 15 is 0 Å². The van der Waals surface area contributed by atoms with Gasteiger partial charge in [0, 0.05) is 12.4 Å². The van der Waals surface area contributed by atoms with Crippen LogP contribution < -0.4 is 0 Å². The van der Waals surface area contributed by atoms with Gasteiger partial charge in [-0.15, -0.1) is 11.6 Å². The zero-order chi connectivity index (χ0) is 49.8. The van der Waals surface area contributed by atoms with Gasteiger partial charge in [-0.1, -0.05) is 15.5 Å². The summed E-state index contributed by atoms with van der Waals surface area (Å²) in [6.07, 6.45) is 0.624. The average Bonchev–Trinajstić information content (AvgIpc) is 4.13. The van der Waals surface area contributed by atoms with Gasteiger partial charge in [-0.2, -0.15) is 0 Å². The Kier molecular flexibility index (Phi) is 16.9. The Morgan fingerprint density at radius 3 is 1.81 bits per heavy atom. The first-order valence-corrected chi connectivity index (χ1v) is 22.4. The number of imidazole rings is 3. The van der Waals surface area contributed by atoms with Gasteiger partial charge in [-0.05, 0) is 62.3 Å². The van der Waals surface area contributed by atoms with Crippen LogP contribution in [0.5, 0.6) is 0 Å². The minimum atomic E-state index is -1.51. The molecule has 0 saturated carbocycles. The maximum atomic E-state index is 9.77. The maximum absolute atomic E-state index is 9.77. The second-order valence-electron chi connectivity index (χ2n) is 17.9. The molecule has 0 radical (unpaired) electrons. The van der Waals surface area contributed by atoms with Crippen LogP contribution in [0.3, 0.4) is 0 Å². The summed E-state index contributed by atoms with van der Waals surface area (Å²) in [4.78, 5) is 26.4. The molecule has 26 heteroatoms. The van der Waals surface area contributed by atoms with Gasteiger partial charge in [0.1, 0.15) is 78.3 Å². The quantitative estimate of drug-likeness (QED) is 0.0451. The van der Waals surface area contributed by atoms with E-state index in [9.17, 15) is 20.4 Å². The van der Waals surface area contributed by atoms with Crippen LogP contribution in [0.1, 0.15) is 116 Å². The van der Waals surface area contributed by atoms with Crippen molar-refractivity contribution in [2.75, 3.05) is 26.2 Å². The van der Waals surface area contributed by atoms with Crippen molar-refractivity contribution in [2.24, 2.45) is 10.3 Å². The molecule has 0 aliphatic carbocycles. The van der Waals surface area contributed by atoms with Gasteiger partial charge >= 0.3 is 0 Å². The predicted molar refractivity (Wildman–Crippen MR) is 235 cm³/mol. The summed E-state index contributed by atoms with van der Waals surface area (Å²) in [5.41, 5.74) is 3.11. The van der Waals surface area contributed by atoms with E-state index in [0.29, 0.717) is 47.8 Å². The summed E-state index contributed by atoms with van der Waals surface area (Å²) in [6.45, 7) is 16.8. The highest BCUT2D eigenvalue weighted by atomic mass is 35.5. The second-order valence-corrected chi connectivity index (χ2v) is 17.9. The lowest BCUT2D eigenvalue weighted by atomic mass is 10.1. The number of halogens is 1. The van der Waals surface area contributed by atoms with Crippen LogP contribution >= 0.6 is 11.6 Å². The Bertz CT molecular complexity index is 2280. The summed E-state index contributed by atoms with van der Waals surface area (Å²) < 4.78 is 52.1. The first-order valence-electron chi connectivity index (χ1n) is 21.6. The molecule has 0 amide bonds. The van der Waals surface area contributed by atoms with E-state index in [1.54, 1.807) is 25.4 Å². The zero-order valence-electron chi connectivity index (χ0n) is 39.3. The number of aliphatic hydroxyl groups is 5. The standard InChI is InChI=1S/C16H23N3O6.C15H23N3O5.C10H13N3O5.CH3Cl/c1-15(2)21-7-10(22-15)13-12(23-16(3,4)24-13)9-6-17-14(18-9)8-5-11(20)25-19-8;1-8(18-19)13-16-6-9(17-13)11-12(23-15(4,5)22-11)10-7-20-14(2,3)21-10;14-4-7(15)9(17)8(16)6-3-11-10(12-6)5-1-2-18-13-5;1-2/h6,10-13,20H,5,7H2,1-4H3,(H,17,18);6,10-12,19H,7H2,1-5H3,(H,16,17);1-3,7-9,14-17H,4H2,(H,11,12);1H3/b;18-8+;;/t10-,11?,12-,13-;10-,11-,12-;7-,8-,9-;/m111./s1. The normalized spacial score (nSPS) is 29.1. The second kappa shape index (κ2) is 21.7. The van der Waals surface area contributed by atoms with Crippen LogP contribution in [0.15, 0.2) is 45.8 Å². The lowest BCUT2D eigenvalue weighted by Gasteiger charge is -2.23. The monoisotopic (exact) mass is 983 g/mol. The number of oxime groups is 2. The topological polar surface area (TPSA) is 341 Å². The molecule has 4 aromatic heterocycles. The number of nitrogens with one attached hydrogen (secondary N) is 3. The predicted octanol–water partition coefficient (Wildman–Crippen LogP) is 2.82. The number of aliphatic hydroxyl groups excluding tert-OH is 5. The smallest absolute Gasteiger partial charge is 0.230 e. The molecule has 5 aliphatic rings. The van der Waals surface area contributed by atoms with Crippen molar-refractivity contribution in [3.05, 3.63) is 59.7 Å². The molecule has 1 unspecified atom stereocenters. The van der Waals surface area contributed by atoms with Crippen LogP contribution in [0, 0.1) is 0 Å². The number of hydrogen-bond acceptors (Lipinski definition) is 22. The number of nitrogens with zero attached hydrogens (tertiary/aromatic N) is 6. The summed E-state index contributed by atoms with van der Waals surface area (Å²) in [7, 11) is 0. The summed E-state index contributed by atoms with van der Waals surface area (Å²) in [5.74, 6) is -1.37. The molecule has 9 N–H and O–H groups in total. The summed E-state index contributed by atoms with van der Waals surface area (Å²) in [6, 6.07) is 1.58. The van der Waals surface area contributed by atoms with E-state index < -0.39 is 54.4 Å². The minimum absolute atomic E-state index is 0.202. The lowest BCUT2D eigenvalue weighted by molar-refractivity contribution is -0.174. The molecule has 9 heterocycles. The number of aromatic amines is 3. The van der Waals surface area contributed by atoms with E-state index in [4.69, 9.17) is 53.0 Å². The van der Waals surface area contributed by atoms with Crippen molar-refractivity contribution in [1.29, 1.82) is 0 Å². The highest BCUT2D eigenvalue weighted by Gasteiger charge is 2.52. The van der Waals surface area contributed by atoms with Gasteiger partial charge in [-0.3, -0.25) is 0 Å². The van der Waals surface area contributed by atoms with E-state index in [0.717, 1.165) is 11.4 Å². The highest BCUT2D eigenvalue weighted by molar-refractivity contribution is 6.15. The SMILES string of the molecule is C/C(=N\O)c1ncc([C@H]2OC(C)(C)O[C@@H]2[C@H]2COC(C)(C)O2)[nH]1.CC1(C)O[C@H]([C@H]2COC(C)(C)O2)[C@@H](c2cnc(C3=NOC(O)C3)[nH]2)O1.CCl.OC[C@@H](O)[C@@H](O)[C@H](O)c1cnc(-c2ccon2)[nH]1. The molecular formula is C42H62ClN9O16. The average molecular weight is 984 g/mol. The van der Waals surface area contributed by atoms with E-state index in [1.165, 1.54) is 18.8 Å². The van der Waals surface area contributed by atoms with Crippen molar-refractivity contribution in [1.82, 2.24) is 35.1 Å². The third-order valence-electron chi connectivity index (χ3n) is 10.8. The van der Waals surface area contributed by atoms with E-state index in [2.05, 4.69) is 61.5 Å². The first kappa shape index (κ1) is 52.9. The Morgan fingerprint density at radius 2 is 1.32 bits per heavy atom. The van der Waals surface area contributed by atoms with Crippen LogP contribution in [0.4, 0.5) is 0 Å². The molecule has 68 heavy (non-hydrogen) atoms. The Balaban J connectivity index is 0.000000167. The largest absolute Gasteiger partial charge is 0.411 e. The van der Waals surface area contributed by atoms with Crippen molar-refractivity contribution in [2.45, 2.75) is 153 Å². The van der Waals surface area contributed by atoms with Gasteiger partial charge in [-0.25, -0.2) is 15.0 Å². The fourth-order valence-electron chi connectivity index (χ4n) is 7.65. The number of H-pyrrole nitrogens is 3. The Hall–Kier alpha value is -4.45. The molecule has 0 bridgehead atoms. The fourth-order valence-corrected chi connectivity index (χ4v) is 7.65. The molecule has 0 aromatic carbocycles. The molecule has 4 fully saturated rings. The number of ether oxygens (including phenoxy) is 8. The van der Waals surface area contributed by atoms with Gasteiger partial charge in [0.05, 0.1) is 61.9 Å². The van der Waals surface area contributed by atoms with Gasteiger partial charge in [0.2, 0.25) is 6.29 Å². The fraction of sp³-hybridized carbons (Fsp3) is 0.667. The molecule has 4 aromatic rings. The maximum Gasteiger partial charge on any atom is 0.230 e. The third kappa shape index (κ3) is 12.8. The Morgan fingerprint density at radius 1 is 0.765 bits per heavy atom. The van der Waals surface area contributed by atoms with E-state index in [-0.39, 0.29) is 48.7 Å². The summed E-state index contributed by atoms with van der Waals surface area (Å²) in [5, 5.41) is 66.1. The lowest BCUT2D eigenvalue weighted by Crippen LogP contribution is -2.35. The molecule has 10 atom stereocenters. The Labute approximate surface area is 396 Å². The van der Waals surface area contributed by atoms with Crippen LogP contribution in [0.2, 0.25) is 0 Å². The van der Waals surface area contributed by atoms with Crippen molar-refractivity contribution < 1.29 is 78.0 Å². The molecule has 0 spiro atoms. The molecule has 9 rings (SSSR count). The van der Waals surface area contributed by atoms with Gasteiger partial charge in [0.15, 0.2) is 40.6 Å². The molecule has 25 nitrogen and oxygen atoms in total. The van der Waals surface area contributed by atoms with E-state index in [1.807, 2.05) is 55.4 Å². The molecule has 4 saturated heterocycles. The van der Waals surface area contributed by atoms with Crippen LogP contribution in [-0.4, -0.2) is 169 Å². The van der Waals surface area contributed by atoms with Crippen LogP contribution in [0.25, 0.3) is 11.5 Å². The zero-order valence-corrected chi connectivity index (χ0v) is 40.1. The number of hydrogen-bond donors (Lipinski definition) is 9. The third-order valence-corrected chi connectivity index (χ3v) is 10.8. The number of alkyl halides is 1. The minimum Gasteiger partial charge on any atom is -0.411 e.